The Bertz CT molecular complexity index is 309. The molecule has 2 atom stereocenters. The van der Waals surface area contributed by atoms with Crippen LogP contribution in [0.3, 0.4) is 0 Å². The molecule has 1 amide bonds. The third kappa shape index (κ3) is 3.70. The average molecular weight is 256 g/mol. The van der Waals surface area contributed by atoms with E-state index in [1.165, 1.54) is 7.11 Å². The van der Waals surface area contributed by atoms with E-state index in [1.54, 1.807) is 0 Å². The molecule has 1 fully saturated rings. The fraction of sp³-hybridized carbons (Fsp3) is 0.846. The molecule has 1 heterocycles. The van der Waals surface area contributed by atoms with E-state index < -0.39 is 11.6 Å². The Labute approximate surface area is 109 Å². The Morgan fingerprint density at radius 2 is 2.11 bits per heavy atom. The number of carbonyl (C=O) groups excluding carboxylic acids is 2. The van der Waals surface area contributed by atoms with E-state index in [0.29, 0.717) is 12.3 Å². The summed E-state index contributed by atoms with van der Waals surface area (Å²) in [7, 11) is 1.34. The van der Waals surface area contributed by atoms with E-state index in [2.05, 4.69) is 10.6 Å². The van der Waals surface area contributed by atoms with Crippen molar-refractivity contribution in [3.05, 3.63) is 0 Å². The van der Waals surface area contributed by atoms with Gasteiger partial charge in [-0.2, -0.15) is 0 Å². The van der Waals surface area contributed by atoms with Crippen molar-refractivity contribution in [1.29, 1.82) is 0 Å². The number of carbonyl (C=O) groups is 2. The van der Waals surface area contributed by atoms with Crippen molar-refractivity contribution in [2.24, 2.45) is 5.92 Å². The van der Waals surface area contributed by atoms with Gasteiger partial charge in [-0.1, -0.05) is 13.8 Å². The largest absolute Gasteiger partial charge is 0.467 e. The normalized spacial score (nSPS) is 24.9. The standard InChI is InChI=1S/C13H24N2O3/c1-9(2)8-10(11(16)18-4)15-12(17)13(3)6-5-7-14-13/h9-10,14H,5-8H2,1-4H3,(H,15,17)/t10-,13?/m0/s1. The van der Waals surface area contributed by atoms with Crippen molar-refractivity contribution in [2.45, 2.75) is 51.6 Å². The topological polar surface area (TPSA) is 67.4 Å². The maximum absolute atomic E-state index is 12.2. The molecule has 0 aliphatic carbocycles. The van der Waals surface area contributed by atoms with Crippen molar-refractivity contribution >= 4 is 11.9 Å². The summed E-state index contributed by atoms with van der Waals surface area (Å²) >= 11 is 0. The molecule has 1 aliphatic rings. The quantitative estimate of drug-likeness (QED) is 0.715. The van der Waals surface area contributed by atoms with E-state index in [9.17, 15) is 9.59 Å². The Morgan fingerprint density at radius 3 is 2.56 bits per heavy atom. The third-order valence-corrected chi connectivity index (χ3v) is 3.37. The maximum atomic E-state index is 12.2. The lowest BCUT2D eigenvalue weighted by Crippen LogP contribution is -2.55. The highest BCUT2D eigenvalue weighted by Gasteiger charge is 2.38. The van der Waals surface area contributed by atoms with Crippen LogP contribution in [0, 0.1) is 5.92 Å². The van der Waals surface area contributed by atoms with Crippen molar-refractivity contribution in [3.63, 3.8) is 0 Å². The van der Waals surface area contributed by atoms with Gasteiger partial charge in [-0.3, -0.25) is 4.79 Å². The highest BCUT2D eigenvalue weighted by molar-refractivity contribution is 5.90. The first kappa shape index (κ1) is 15.0. The zero-order chi connectivity index (χ0) is 13.8. The molecule has 1 rings (SSSR count). The van der Waals surface area contributed by atoms with Crippen molar-refractivity contribution in [1.82, 2.24) is 10.6 Å². The predicted octanol–water partition coefficient (Wildman–Crippen LogP) is 0.832. The SMILES string of the molecule is COC(=O)[C@H](CC(C)C)NC(=O)C1(C)CCCN1. The lowest BCUT2D eigenvalue weighted by Gasteiger charge is -2.26. The molecule has 0 aromatic rings. The van der Waals surface area contributed by atoms with Gasteiger partial charge in [0, 0.05) is 0 Å². The zero-order valence-electron chi connectivity index (χ0n) is 11.7. The number of nitrogens with one attached hydrogen (secondary N) is 2. The van der Waals surface area contributed by atoms with Crippen molar-refractivity contribution in [3.8, 4) is 0 Å². The van der Waals surface area contributed by atoms with Crippen LogP contribution >= 0.6 is 0 Å². The van der Waals surface area contributed by atoms with Crippen LogP contribution in [0.15, 0.2) is 0 Å². The minimum atomic E-state index is -0.554. The first-order chi connectivity index (χ1) is 8.39. The van der Waals surface area contributed by atoms with Gasteiger partial charge in [-0.15, -0.1) is 0 Å². The predicted molar refractivity (Wildman–Crippen MR) is 69.0 cm³/mol. The van der Waals surface area contributed by atoms with Gasteiger partial charge in [0.05, 0.1) is 12.6 Å². The van der Waals surface area contributed by atoms with Crippen LogP contribution in [0.1, 0.15) is 40.0 Å². The number of hydrogen-bond acceptors (Lipinski definition) is 4. The van der Waals surface area contributed by atoms with E-state index in [-0.39, 0.29) is 11.9 Å². The lowest BCUT2D eigenvalue weighted by molar-refractivity contribution is -0.146. The van der Waals surface area contributed by atoms with Crippen LogP contribution in [0.5, 0.6) is 0 Å². The number of hydrogen-bond donors (Lipinski definition) is 2. The van der Waals surface area contributed by atoms with Crippen molar-refractivity contribution in [2.75, 3.05) is 13.7 Å². The minimum Gasteiger partial charge on any atom is -0.467 e. The summed E-state index contributed by atoms with van der Waals surface area (Å²) in [6.45, 7) is 6.74. The molecule has 1 saturated heterocycles. The second-order valence-corrected chi connectivity index (χ2v) is 5.54. The molecule has 2 N–H and O–H groups in total. The summed E-state index contributed by atoms with van der Waals surface area (Å²) < 4.78 is 4.74. The summed E-state index contributed by atoms with van der Waals surface area (Å²) in [5.74, 6) is -0.173. The molecule has 18 heavy (non-hydrogen) atoms. The van der Waals surface area contributed by atoms with Gasteiger partial charge in [0.1, 0.15) is 6.04 Å². The molecule has 0 aromatic heterocycles. The molecule has 5 heteroatoms. The molecule has 104 valence electrons. The summed E-state index contributed by atoms with van der Waals surface area (Å²) in [4.78, 5) is 23.8. The highest BCUT2D eigenvalue weighted by atomic mass is 16.5. The summed E-state index contributed by atoms with van der Waals surface area (Å²) in [5.41, 5.74) is -0.552. The molecule has 0 aromatic carbocycles. The molecular formula is C13H24N2O3. The number of esters is 1. The maximum Gasteiger partial charge on any atom is 0.328 e. The number of amides is 1. The fourth-order valence-corrected chi connectivity index (χ4v) is 2.23. The van der Waals surface area contributed by atoms with E-state index in [0.717, 1.165) is 19.4 Å². The van der Waals surface area contributed by atoms with E-state index >= 15 is 0 Å². The Balaban J connectivity index is 2.64. The molecule has 0 saturated carbocycles. The number of ether oxygens (including phenoxy) is 1. The van der Waals surface area contributed by atoms with Gasteiger partial charge in [0.25, 0.3) is 0 Å². The zero-order valence-corrected chi connectivity index (χ0v) is 11.7. The van der Waals surface area contributed by atoms with Crippen LogP contribution < -0.4 is 10.6 Å². The molecule has 1 aliphatic heterocycles. The van der Waals surface area contributed by atoms with Crippen LogP contribution in [-0.2, 0) is 14.3 Å². The lowest BCUT2D eigenvalue weighted by atomic mass is 9.97. The molecule has 1 unspecified atom stereocenters. The smallest absolute Gasteiger partial charge is 0.328 e. The summed E-state index contributed by atoms with van der Waals surface area (Å²) in [5, 5.41) is 5.99. The second kappa shape index (κ2) is 6.18. The molecular weight excluding hydrogens is 232 g/mol. The Hall–Kier alpha value is -1.10. The first-order valence-corrected chi connectivity index (χ1v) is 6.53. The van der Waals surface area contributed by atoms with E-state index in [1.807, 2.05) is 20.8 Å². The monoisotopic (exact) mass is 256 g/mol. The summed E-state index contributed by atoms with van der Waals surface area (Å²) in [6.07, 6.45) is 2.37. The first-order valence-electron chi connectivity index (χ1n) is 6.53. The van der Waals surface area contributed by atoms with Gasteiger partial charge >= 0.3 is 5.97 Å². The third-order valence-electron chi connectivity index (χ3n) is 3.37. The molecule has 5 nitrogen and oxygen atoms in total. The van der Waals surface area contributed by atoms with Gasteiger partial charge in [0.15, 0.2) is 0 Å². The van der Waals surface area contributed by atoms with Gasteiger partial charge in [-0.05, 0) is 38.6 Å². The van der Waals surface area contributed by atoms with Gasteiger partial charge < -0.3 is 15.4 Å². The van der Waals surface area contributed by atoms with Gasteiger partial charge in [0.2, 0.25) is 5.91 Å². The molecule has 0 radical (unpaired) electrons. The van der Waals surface area contributed by atoms with Crippen molar-refractivity contribution < 1.29 is 14.3 Å². The van der Waals surface area contributed by atoms with Crippen LogP contribution in [-0.4, -0.2) is 37.1 Å². The highest BCUT2D eigenvalue weighted by Crippen LogP contribution is 2.19. The molecule has 0 bridgehead atoms. The van der Waals surface area contributed by atoms with Crippen LogP contribution in [0.2, 0.25) is 0 Å². The number of rotatable bonds is 5. The molecule has 0 spiro atoms. The van der Waals surface area contributed by atoms with Crippen LogP contribution in [0.4, 0.5) is 0 Å². The Kier molecular flexibility index (Phi) is 5.14. The fourth-order valence-electron chi connectivity index (χ4n) is 2.23. The average Bonchev–Trinajstić information content (AvgIpc) is 2.75. The van der Waals surface area contributed by atoms with Gasteiger partial charge in [-0.25, -0.2) is 4.79 Å². The second-order valence-electron chi connectivity index (χ2n) is 5.54. The minimum absolute atomic E-state index is 0.115. The summed E-state index contributed by atoms with van der Waals surface area (Å²) in [6, 6.07) is -0.554. The van der Waals surface area contributed by atoms with E-state index in [4.69, 9.17) is 4.74 Å². The van der Waals surface area contributed by atoms with Crippen LogP contribution in [0.25, 0.3) is 0 Å². The Morgan fingerprint density at radius 1 is 1.44 bits per heavy atom. The number of methoxy groups -OCH3 is 1.